The van der Waals surface area contributed by atoms with E-state index in [2.05, 4.69) is 14.2 Å². The van der Waals surface area contributed by atoms with Crippen molar-refractivity contribution in [2.45, 2.75) is 71.1 Å². The van der Waals surface area contributed by atoms with Gasteiger partial charge in [0.1, 0.15) is 11.3 Å². The van der Waals surface area contributed by atoms with Crippen LogP contribution in [0.25, 0.3) is 0 Å². The van der Waals surface area contributed by atoms with Crippen molar-refractivity contribution in [1.29, 1.82) is 0 Å². The summed E-state index contributed by atoms with van der Waals surface area (Å²) in [5, 5.41) is 0.401. The molecule has 12 heteroatoms. The molecule has 0 saturated heterocycles. The van der Waals surface area contributed by atoms with Crippen molar-refractivity contribution in [2.75, 3.05) is 13.2 Å². The monoisotopic (exact) mass is 550 g/mol. The molecule has 9 nitrogen and oxygen atoms in total. The van der Waals surface area contributed by atoms with Crippen molar-refractivity contribution in [3.05, 3.63) is 46.7 Å². The van der Waals surface area contributed by atoms with Crippen LogP contribution < -0.4 is 34.3 Å². The summed E-state index contributed by atoms with van der Waals surface area (Å²) in [7, 11) is -4.57. The fourth-order valence-corrected chi connectivity index (χ4v) is 3.84. The third-order valence-electron chi connectivity index (χ3n) is 5.13. The minimum absolute atomic E-state index is 0. The van der Waals surface area contributed by atoms with Crippen LogP contribution in [0.15, 0.2) is 30.5 Å². The maximum Gasteiger partial charge on any atom is 1.00 e. The van der Waals surface area contributed by atoms with Crippen LogP contribution in [-0.4, -0.2) is 42.1 Å². The number of halogens is 1. The number of rotatable bonds is 17. The Morgan fingerprint density at radius 3 is 2.11 bits per heavy atom. The van der Waals surface area contributed by atoms with Gasteiger partial charge in [0.25, 0.3) is 0 Å². The maximum atomic E-state index is 12.6. The van der Waals surface area contributed by atoms with E-state index in [4.69, 9.17) is 21.1 Å². The van der Waals surface area contributed by atoms with Crippen LogP contribution in [0.4, 0.5) is 0 Å². The molecule has 36 heavy (non-hydrogen) atoms. The number of unbranched alkanes of at least 4 members (excludes halogenated alkanes) is 9. The molecule has 0 N–H and O–H groups in total. The summed E-state index contributed by atoms with van der Waals surface area (Å²) in [6.45, 7) is 2.09. The molecule has 0 aliphatic carbocycles. The summed E-state index contributed by atoms with van der Waals surface area (Å²) in [5.41, 5.74) is 0.971. The fourth-order valence-electron chi connectivity index (χ4n) is 3.35. The Labute approximate surface area is 240 Å². The summed E-state index contributed by atoms with van der Waals surface area (Å²) >= 11 is 6.06. The zero-order valence-electron chi connectivity index (χ0n) is 20.9. The number of hydrogen-bond acceptors (Lipinski definition) is 9. The van der Waals surface area contributed by atoms with E-state index < -0.39 is 16.4 Å². The van der Waals surface area contributed by atoms with Crippen LogP contribution in [0.1, 0.15) is 80.3 Å². The van der Waals surface area contributed by atoms with E-state index in [0.29, 0.717) is 18.1 Å². The van der Waals surface area contributed by atoms with Gasteiger partial charge in [-0.25, -0.2) is 23.2 Å². The standard InChI is InChI=1S/C24H33ClN2O7S.Na/c1-19-14-15-26-24(27-19)34-22-13-12-20(25)18-21(22)23(28)32-16-10-8-6-4-2-3-5-7-9-11-17-33-35(29,30)31;/h12-15,18H,2-11,16-17H2,1H3,(H,29,30,31);/q;+1/p-1. The topological polar surface area (TPSA) is 128 Å². The van der Waals surface area contributed by atoms with Gasteiger partial charge in [-0.2, -0.15) is 0 Å². The van der Waals surface area contributed by atoms with Gasteiger partial charge < -0.3 is 14.0 Å². The van der Waals surface area contributed by atoms with E-state index in [1.807, 2.05) is 6.92 Å². The molecule has 1 aromatic carbocycles. The maximum absolute atomic E-state index is 12.6. The average Bonchev–Trinajstić information content (AvgIpc) is 2.79. The van der Waals surface area contributed by atoms with Crippen LogP contribution in [0, 0.1) is 6.92 Å². The van der Waals surface area contributed by atoms with Gasteiger partial charge in [0.15, 0.2) is 0 Å². The van der Waals surface area contributed by atoms with Crippen molar-refractivity contribution >= 4 is 28.0 Å². The summed E-state index contributed by atoms with van der Waals surface area (Å²) in [4.78, 5) is 20.8. The summed E-state index contributed by atoms with van der Waals surface area (Å²) < 4.78 is 46.2. The van der Waals surface area contributed by atoms with Crippen molar-refractivity contribution in [3.8, 4) is 11.8 Å². The number of nitrogens with zero attached hydrogens (tertiary/aromatic N) is 2. The Balaban J connectivity index is 0.00000648. The molecule has 0 unspecified atom stereocenters. The molecule has 0 aliphatic heterocycles. The second kappa shape index (κ2) is 18.1. The molecule has 0 saturated carbocycles. The Morgan fingerprint density at radius 1 is 0.944 bits per heavy atom. The Hall–Kier alpha value is -1.27. The van der Waals surface area contributed by atoms with Crippen LogP contribution in [-0.2, 0) is 19.3 Å². The molecule has 0 spiro atoms. The van der Waals surface area contributed by atoms with Crippen molar-refractivity contribution in [2.24, 2.45) is 0 Å². The van der Waals surface area contributed by atoms with Gasteiger partial charge >= 0.3 is 41.5 Å². The van der Waals surface area contributed by atoms with Gasteiger partial charge in [0.05, 0.1) is 13.2 Å². The molecule has 1 heterocycles. The van der Waals surface area contributed by atoms with Crippen LogP contribution in [0.5, 0.6) is 11.8 Å². The number of aryl methyl sites for hydroxylation is 1. The van der Waals surface area contributed by atoms with E-state index in [0.717, 1.165) is 63.5 Å². The summed E-state index contributed by atoms with van der Waals surface area (Å²) in [6, 6.07) is 6.62. The second-order valence-electron chi connectivity index (χ2n) is 8.12. The third kappa shape index (κ3) is 14.5. The molecule has 2 aromatic rings. The molecule has 1 aromatic heterocycles. The van der Waals surface area contributed by atoms with E-state index in [1.165, 1.54) is 6.07 Å². The minimum atomic E-state index is -4.57. The van der Waals surface area contributed by atoms with Gasteiger partial charge in [0.2, 0.25) is 10.4 Å². The second-order valence-corrected chi connectivity index (χ2v) is 9.61. The van der Waals surface area contributed by atoms with Gasteiger partial charge in [-0.15, -0.1) is 0 Å². The number of esters is 1. The number of carbonyl (C=O) groups excluding carboxylic acids is 1. The zero-order valence-corrected chi connectivity index (χ0v) is 24.5. The Morgan fingerprint density at radius 2 is 1.53 bits per heavy atom. The number of hydrogen-bond donors (Lipinski definition) is 0. The number of ether oxygens (including phenoxy) is 2. The fraction of sp³-hybridized carbons (Fsp3) is 0.542. The van der Waals surface area contributed by atoms with Gasteiger partial charge in [-0.05, 0) is 44.0 Å². The smallest absolute Gasteiger partial charge is 0.726 e. The van der Waals surface area contributed by atoms with Crippen molar-refractivity contribution in [1.82, 2.24) is 9.97 Å². The van der Waals surface area contributed by atoms with Crippen molar-refractivity contribution < 1.29 is 61.0 Å². The van der Waals surface area contributed by atoms with E-state index >= 15 is 0 Å². The molecular weight excluding hydrogens is 519 g/mol. The largest absolute Gasteiger partial charge is 1.00 e. The first-order valence-corrected chi connectivity index (χ1v) is 13.5. The predicted molar refractivity (Wildman–Crippen MR) is 130 cm³/mol. The normalized spacial score (nSPS) is 11.1. The van der Waals surface area contributed by atoms with E-state index in [9.17, 15) is 17.8 Å². The molecule has 2 rings (SSSR count). The van der Waals surface area contributed by atoms with Crippen molar-refractivity contribution in [3.63, 3.8) is 0 Å². The van der Waals surface area contributed by atoms with Gasteiger partial charge in [0, 0.05) is 16.9 Å². The number of benzene rings is 1. The van der Waals surface area contributed by atoms with Crippen LogP contribution >= 0.6 is 11.6 Å². The third-order valence-corrected chi connectivity index (χ3v) is 5.83. The Bertz CT molecular complexity index is 1040. The van der Waals surface area contributed by atoms with Crippen LogP contribution in [0.3, 0.4) is 0 Å². The molecule has 0 fully saturated rings. The summed E-state index contributed by atoms with van der Waals surface area (Å²) in [6.07, 6.45) is 11.2. The quantitative estimate of drug-likeness (QED) is 0.0959. The predicted octanol–water partition coefficient (Wildman–Crippen LogP) is 2.77. The molecule has 0 atom stereocenters. The molecule has 0 aliphatic rings. The summed E-state index contributed by atoms with van der Waals surface area (Å²) in [5.74, 6) is -0.221. The molecular formula is C24H32ClN2NaO7S. The first kappa shape index (κ1) is 32.8. The molecule has 0 bridgehead atoms. The molecule has 0 amide bonds. The van der Waals surface area contributed by atoms with Gasteiger partial charge in [-0.1, -0.05) is 63.0 Å². The van der Waals surface area contributed by atoms with Crippen LogP contribution in [0.2, 0.25) is 5.02 Å². The zero-order chi connectivity index (χ0) is 25.5. The minimum Gasteiger partial charge on any atom is -0.726 e. The SMILES string of the molecule is Cc1ccnc(Oc2ccc(Cl)cc2C(=O)OCCCCCCCCCCCCOS(=O)(=O)[O-])n1.[Na+]. The van der Waals surface area contributed by atoms with E-state index in [-0.39, 0.29) is 53.5 Å². The van der Waals surface area contributed by atoms with E-state index in [1.54, 1.807) is 24.4 Å². The first-order valence-electron chi connectivity index (χ1n) is 11.8. The Kier molecular flexibility index (Phi) is 16.4. The first-order chi connectivity index (χ1) is 16.7. The molecule has 0 radical (unpaired) electrons. The average molecular weight is 551 g/mol. The molecule has 194 valence electrons. The number of aromatic nitrogens is 2. The number of carbonyl (C=O) groups is 1. The van der Waals surface area contributed by atoms with Gasteiger partial charge in [-0.3, -0.25) is 4.18 Å².